The quantitative estimate of drug-likeness (QED) is 0.756. The monoisotopic (exact) mass is 352 g/mol. The Kier molecular flexibility index (Phi) is 4.28. The Labute approximate surface area is 150 Å². The van der Waals surface area contributed by atoms with E-state index in [1.807, 2.05) is 37.3 Å². The van der Waals surface area contributed by atoms with Crippen LogP contribution in [0.1, 0.15) is 22.3 Å². The summed E-state index contributed by atoms with van der Waals surface area (Å²) < 4.78 is 0. The number of carbonyl (C=O) groups is 1. The van der Waals surface area contributed by atoms with Crippen LogP contribution in [0.15, 0.2) is 47.8 Å². The van der Waals surface area contributed by atoms with Gasteiger partial charge in [0, 0.05) is 30.8 Å². The molecule has 0 bridgehead atoms. The van der Waals surface area contributed by atoms with Gasteiger partial charge in [-0.15, -0.1) is 11.3 Å². The van der Waals surface area contributed by atoms with Crippen LogP contribution in [0.3, 0.4) is 0 Å². The molecule has 0 saturated carbocycles. The number of aromatic nitrogens is 2. The number of rotatable bonds is 4. The minimum atomic E-state index is -0.00634. The third-order valence-corrected chi connectivity index (χ3v) is 5.42. The van der Waals surface area contributed by atoms with Crippen molar-refractivity contribution in [1.82, 2.24) is 15.5 Å². The van der Waals surface area contributed by atoms with E-state index in [1.54, 1.807) is 11.3 Å². The summed E-state index contributed by atoms with van der Waals surface area (Å²) in [6, 6.07) is 14.0. The van der Waals surface area contributed by atoms with Gasteiger partial charge >= 0.3 is 0 Å². The number of nitrogens with zero attached hydrogens (tertiary/aromatic N) is 2. The van der Waals surface area contributed by atoms with Gasteiger partial charge in [0.1, 0.15) is 0 Å². The maximum Gasteiger partial charge on any atom is 0.251 e. The molecule has 4 rings (SSSR count). The highest BCUT2D eigenvalue weighted by atomic mass is 32.1. The predicted octanol–water partition coefficient (Wildman–Crippen LogP) is 3.46. The van der Waals surface area contributed by atoms with E-state index >= 15 is 0 Å². The molecule has 1 aliphatic heterocycles. The lowest BCUT2D eigenvalue weighted by atomic mass is 10.1. The zero-order valence-electron chi connectivity index (χ0n) is 14.0. The number of benzene rings is 1. The van der Waals surface area contributed by atoms with Crippen LogP contribution in [-0.2, 0) is 0 Å². The molecule has 0 spiro atoms. The van der Waals surface area contributed by atoms with Gasteiger partial charge in [-0.05, 0) is 36.9 Å². The van der Waals surface area contributed by atoms with Crippen LogP contribution in [0.2, 0.25) is 0 Å². The zero-order valence-corrected chi connectivity index (χ0v) is 14.8. The number of aromatic amines is 1. The van der Waals surface area contributed by atoms with E-state index in [0.29, 0.717) is 5.56 Å². The third kappa shape index (κ3) is 3.44. The fourth-order valence-corrected chi connectivity index (χ4v) is 3.78. The van der Waals surface area contributed by atoms with E-state index in [1.165, 1.54) is 4.88 Å². The molecule has 2 aromatic heterocycles. The second-order valence-electron chi connectivity index (χ2n) is 6.39. The average molecular weight is 352 g/mol. The second kappa shape index (κ2) is 6.72. The van der Waals surface area contributed by atoms with E-state index < -0.39 is 0 Å². The molecule has 1 amide bonds. The molecule has 5 nitrogen and oxygen atoms in total. The first-order valence-electron chi connectivity index (χ1n) is 8.41. The summed E-state index contributed by atoms with van der Waals surface area (Å²) in [7, 11) is 0. The Bertz CT molecular complexity index is 854. The van der Waals surface area contributed by atoms with Gasteiger partial charge in [-0.1, -0.05) is 23.8 Å². The van der Waals surface area contributed by atoms with E-state index in [4.69, 9.17) is 0 Å². The fourth-order valence-electron chi connectivity index (χ4n) is 3.09. The lowest BCUT2D eigenvalue weighted by molar-refractivity contribution is 0.0940. The minimum Gasteiger partial charge on any atom is -0.353 e. The normalized spacial score (nSPS) is 17.0. The number of hydrogen-bond donors (Lipinski definition) is 2. The van der Waals surface area contributed by atoms with E-state index in [0.717, 1.165) is 36.6 Å². The van der Waals surface area contributed by atoms with Gasteiger partial charge in [0.05, 0.1) is 10.6 Å². The van der Waals surface area contributed by atoms with Crippen molar-refractivity contribution in [2.45, 2.75) is 19.4 Å². The first kappa shape index (κ1) is 15.9. The molecular formula is C19H20N4OS. The highest BCUT2D eigenvalue weighted by Gasteiger charge is 2.26. The molecule has 128 valence electrons. The molecule has 3 aromatic rings. The number of thiophene rings is 1. The number of H-pyrrole nitrogens is 1. The van der Waals surface area contributed by atoms with Crippen molar-refractivity contribution in [2.24, 2.45) is 0 Å². The van der Waals surface area contributed by atoms with Gasteiger partial charge in [0.25, 0.3) is 5.91 Å². The molecule has 6 heteroatoms. The maximum atomic E-state index is 12.4. The Morgan fingerprint density at radius 3 is 2.92 bits per heavy atom. The average Bonchev–Trinajstić information content (AvgIpc) is 3.36. The third-order valence-electron chi connectivity index (χ3n) is 4.51. The Morgan fingerprint density at radius 2 is 2.16 bits per heavy atom. The SMILES string of the molecule is Cc1ccc(C(=O)NC2CCN(c3cc(-c4cccs4)[nH]n3)C2)cc1. The van der Waals surface area contributed by atoms with Crippen molar-refractivity contribution >= 4 is 23.1 Å². The molecule has 3 heterocycles. The highest BCUT2D eigenvalue weighted by molar-refractivity contribution is 7.13. The van der Waals surface area contributed by atoms with E-state index in [2.05, 4.69) is 37.9 Å². The van der Waals surface area contributed by atoms with Crippen LogP contribution in [0.25, 0.3) is 10.6 Å². The largest absolute Gasteiger partial charge is 0.353 e. The van der Waals surface area contributed by atoms with E-state index in [-0.39, 0.29) is 11.9 Å². The summed E-state index contributed by atoms with van der Waals surface area (Å²) in [4.78, 5) is 15.8. The van der Waals surface area contributed by atoms with Crippen LogP contribution >= 0.6 is 11.3 Å². The minimum absolute atomic E-state index is 0.00634. The number of aryl methyl sites for hydroxylation is 1. The van der Waals surface area contributed by atoms with Crippen LogP contribution in [0.5, 0.6) is 0 Å². The maximum absolute atomic E-state index is 12.4. The molecule has 1 fully saturated rings. The zero-order chi connectivity index (χ0) is 17.2. The lowest BCUT2D eigenvalue weighted by Crippen LogP contribution is -2.37. The van der Waals surface area contributed by atoms with Crippen molar-refractivity contribution in [3.8, 4) is 10.6 Å². The van der Waals surface area contributed by atoms with Gasteiger partial charge < -0.3 is 10.2 Å². The Balaban J connectivity index is 1.38. The summed E-state index contributed by atoms with van der Waals surface area (Å²) in [6.07, 6.45) is 0.929. The number of anilines is 1. The standard InChI is InChI=1S/C19H20N4OS/c1-13-4-6-14(7-5-13)19(24)20-15-8-9-23(12-15)18-11-16(21-22-18)17-3-2-10-25-17/h2-7,10-11,15H,8-9,12H2,1H3,(H,20,24)(H,21,22). The molecule has 1 saturated heterocycles. The van der Waals surface area contributed by atoms with Crippen LogP contribution in [0.4, 0.5) is 5.82 Å². The Morgan fingerprint density at radius 1 is 1.32 bits per heavy atom. The molecule has 2 N–H and O–H groups in total. The van der Waals surface area contributed by atoms with Gasteiger partial charge in [0.2, 0.25) is 0 Å². The molecule has 1 unspecified atom stereocenters. The topological polar surface area (TPSA) is 61.0 Å². The van der Waals surface area contributed by atoms with Crippen molar-refractivity contribution in [1.29, 1.82) is 0 Å². The predicted molar refractivity (Wildman–Crippen MR) is 101 cm³/mol. The summed E-state index contributed by atoms with van der Waals surface area (Å²) in [5.74, 6) is 0.934. The lowest BCUT2D eigenvalue weighted by Gasteiger charge is -2.16. The molecule has 1 atom stereocenters. The highest BCUT2D eigenvalue weighted by Crippen LogP contribution is 2.27. The van der Waals surface area contributed by atoms with E-state index in [9.17, 15) is 4.79 Å². The molecule has 0 radical (unpaired) electrons. The fraction of sp³-hybridized carbons (Fsp3) is 0.263. The Hall–Kier alpha value is -2.60. The van der Waals surface area contributed by atoms with Crippen molar-refractivity contribution in [3.63, 3.8) is 0 Å². The summed E-state index contributed by atoms with van der Waals surface area (Å²) in [5.41, 5.74) is 2.91. The summed E-state index contributed by atoms with van der Waals surface area (Å²) >= 11 is 1.69. The van der Waals surface area contributed by atoms with Crippen LogP contribution in [-0.4, -0.2) is 35.2 Å². The second-order valence-corrected chi connectivity index (χ2v) is 7.34. The van der Waals surface area contributed by atoms with Crippen LogP contribution < -0.4 is 10.2 Å². The molecule has 1 aromatic carbocycles. The number of hydrogen-bond acceptors (Lipinski definition) is 4. The van der Waals surface area contributed by atoms with Crippen molar-refractivity contribution < 1.29 is 4.79 Å². The van der Waals surface area contributed by atoms with Crippen LogP contribution in [0, 0.1) is 6.92 Å². The van der Waals surface area contributed by atoms with Crippen molar-refractivity contribution in [3.05, 3.63) is 59.0 Å². The number of carbonyl (C=O) groups excluding carboxylic acids is 1. The van der Waals surface area contributed by atoms with Crippen molar-refractivity contribution in [2.75, 3.05) is 18.0 Å². The van der Waals surface area contributed by atoms with Gasteiger partial charge in [-0.2, -0.15) is 5.10 Å². The van der Waals surface area contributed by atoms with Gasteiger partial charge in [0.15, 0.2) is 5.82 Å². The first-order chi connectivity index (χ1) is 12.2. The summed E-state index contributed by atoms with van der Waals surface area (Å²) in [5, 5.41) is 12.7. The molecular weight excluding hydrogens is 332 g/mol. The molecule has 25 heavy (non-hydrogen) atoms. The smallest absolute Gasteiger partial charge is 0.251 e. The number of amides is 1. The van der Waals surface area contributed by atoms with Gasteiger partial charge in [-0.3, -0.25) is 9.89 Å². The number of nitrogens with one attached hydrogen (secondary N) is 2. The molecule has 1 aliphatic rings. The first-order valence-corrected chi connectivity index (χ1v) is 9.29. The molecule has 0 aliphatic carbocycles. The van der Waals surface area contributed by atoms with Gasteiger partial charge in [-0.25, -0.2) is 0 Å². The summed E-state index contributed by atoms with van der Waals surface area (Å²) in [6.45, 7) is 3.70.